The van der Waals surface area contributed by atoms with Crippen molar-refractivity contribution in [1.82, 2.24) is 5.32 Å². The Balaban J connectivity index is 1.60. The molecule has 4 atom stereocenters. The highest BCUT2D eigenvalue weighted by molar-refractivity contribution is 6.17. The van der Waals surface area contributed by atoms with E-state index in [1.165, 1.54) is 25.7 Å². The molecule has 20 heavy (non-hydrogen) atoms. The zero-order valence-electron chi connectivity index (χ0n) is 11.9. The quantitative estimate of drug-likeness (QED) is 0.835. The summed E-state index contributed by atoms with van der Waals surface area (Å²) in [5, 5.41) is 3.19. The molecule has 2 bridgehead atoms. The first-order chi connectivity index (χ1) is 9.67. The van der Waals surface area contributed by atoms with Gasteiger partial charge in [0.05, 0.1) is 0 Å². The second kappa shape index (κ2) is 5.77. The molecular formula is C17H22ClNO. The van der Waals surface area contributed by atoms with Gasteiger partial charge < -0.3 is 5.32 Å². The summed E-state index contributed by atoms with van der Waals surface area (Å²) in [5.74, 6) is 2.98. The van der Waals surface area contributed by atoms with Crippen LogP contribution in [0, 0.1) is 17.8 Å². The van der Waals surface area contributed by atoms with Crippen LogP contribution in [0.3, 0.4) is 0 Å². The van der Waals surface area contributed by atoms with Gasteiger partial charge in [-0.05, 0) is 61.6 Å². The minimum absolute atomic E-state index is 0.0430. The molecule has 0 saturated heterocycles. The van der Waals surface area contributed by atoms with E-state index in [1.807, 2.05) is 24.3 Å². The Morgan fingerprint density at radius 2 is 2.05 bits per heavy atom. The molecule has 2 aliphatic rings. The largest absolute Gasteiger partial charge is 0.349 e. The predicted molar refractivity (Wildman–Crippen MR) is 81.9 cm³/mol. The third-order valence-corrected chi connectivity index (χ3v) is 5.47. The van der Waals surface area contributed by atoms with Gasteiger partial charge in [-0.1, -0.05) is 18.6 Å². The Morgan fingerprint density at radius 1 is 1.30 bits per heavy atom. The van der Waals surface area contributed by atoms with Crippen molar-refractivity contribution in [2.45, 2.75) is 44.5 Å². The highest BCUT2D eigenvalue weighted by Crippen LogP contribution is 2.49. The van der Waals surface area contributed by atoms with E-state index >= 15 is 0 Å². The van der Waals surface area contributed by atoms with Gasteiger partial charge in [0.15, 0.2) is 0 Å². The molecule has 0 spiro atoms. The maximum absolute atomic E-state index is 12.3. The lowest BCUT2D eigenvalue weighted by Gasteiger charge is -2.28. The van der Waals surface area contributed by atoms with Crippen LogP contribution in [-0.2, 0) is 5.88 Å². The van der Waals surface area contributed by atoms with Gasteiger partial charge in [0.2, 0.25) is 0 Å². The lowest BCUT2D eigenvalue weighted by molar-refractivity contribution is 0.0915. The molecule has 0 aromatic heterocycles. The molecular weight excluding hydrogens is 270 g/mol. The molecule has 0 aliphatic heterocycles. The van der Waals surface area contributed by atoms with E-state index in [1.54, 1.807) is 0 Å². The van der Waals surface area contributed by atoms with E-state index in [0.717, 1.165) is 23.0 Å². The molecule has 3 heteroatoms. The van der Waals surface area contributed by atoms with E-state index in [2.05, 4.69) is 12.2 Å². The van der Waals surface area contributed by atoms with Crippen LogP contribution in [0.1, 0.15) is 48.5 Å². The van der Waals surface area contributed by atoms with Gasteiger partial charge in [-0.2, -0.15) is 0 Å². The number of amides is 1. The van der Waals surface area contributed by atoms with E-state index in [0.29, 0.717) is 11.8 Å². The third kappa shape index (κ3) is 2.71. The smallest absolute Gasteiger partial charge is 0.251 e. The molecule has 3 rings (SSSR count). The minimum atomic E-state index is 0.0430. The van der Waals surface area contributed by atoms with Crippen LogP contribution in [-0.4, -0.2) is 11.9 Å². The van der Waals surface area contributed by atoms with Gasteiger partial charge in [-0.3, -0.25) is 4.79 Å². The second-order valence-corrected chi connectivity index (χ2v) is 6.70. The lowest BCUT2D eigenvalue weighted by Crippen LogP contribution is -2.40. The molecule has 1 aromatic rings. The fourth-order valence-electron chi connectivity index (χ4n) is 4.05. The number of rotatable bonds is 4. The average molecular weight is 292 g/mol. The number of halogens is 1. The van der Waals surface area contributed by atoms with Gasteiger partial charge >= 0.3 is 0 Å². The third-order valence-electron chi connectivity index (χ3n) is 5.16. The first kappa shape index (κ1) is 13.9. The van der Waals surface area contributed by atoms with Crippen molar-refractivity contribution in [3.63, 3.8) is 0 Å². The van der Waals surface area contributed by atoms with E-state index in [9.17, 15) is 4.79 Å². The van der Waals surface area contributed by atoms with Crippen LogP contribution in [0.2, 0.25) is 0 Å². The summed E-state index contributed by atoms with van der Waals surface area (Å²) >= 11 is 5.76. The van der Waals surface area contributed by atoms with Crippen LogP contribution >= 0.6 is 11.6 Å². The molecule has 2 nitrogen and oxygen atoms in total. The number of hydrogen-bond acceptors (Lipinski definition) is 1. The number of carbonyl (C=O) groups is 1. The standard InChI is InChI=1S/C17H22ClNO/c1-11(16-9-13-4-7-15(16)8-13)19-17(20)14-5-2-12(10-18)3-6-14/h2-3,5-6,11,13,15-16H,4,7-10H2,1H3,(H,19,20). The van der Waals surface area contributed by atoms with Crippen molar-refractivity contribution in [2.24, 2.45) is 17.8 Å². The molecule has 2 aliphatic carbocycles. The lowest BCUT2D eigenvalue weighted by atomic mass is 9.84. The number of alkyl halides is 1. The number of carbonyl (C=O) groups excluding carboxylic acids is 1. The number of fused-ring (bicyclic) bond motifs is 2. The SMILES string of the molecule is CC(NC(=O)c1ccc(CCl)cc1)C1CC2CCC1C2. The molecule has 1 N–H and O–H groups in total. The Kier molecular flexibility index (Phi) is 4.02. The summed E-state index contributed by atoms with van der Waals surface area (Å²) in [7, 11) is 0. The molecule has 2 saturated carbocycles. The molecule has 108 valence electrons. The van der Waals surface area contributed by atoms with E-state index in [4.69, 9.17) is 11.6 Å². The molecule has 0 radical (unpaired) electrons. The molecule has 1 aromatic carbocycles. The van der Waals surface area contributed by atoms with Crippen LogP contribution in [0.15, 0.2) is 24.3 Å². The predicted octanol–water partition coefficient (Wildman–Crippen LogP) is 3.98. The van der Waals surface area contributed by atoms with Gasteiger partial charge in [0.25, 0.3) is 5.91 Å². The monoisotopic (exact) mass is 291 g/mol. The van der Waals surface area contributed by atoms with Crippen molar-refractivity contribution >= 4 is 17.5 Å². The fourth-order valence-corrected chi connectivity index (χ4v) is 4.23. The Morgan fingerprint density at radius 3 is 2.60 bits per heavy atom. The fraction of sp³-hybridized carbons (Fsp3) is 0.588. The topological polar surface area (TPSA) is 29.1 Å². The maximum atomic E-state index is 12.3. The first-order valence-electron chi connectivity index (χ1n) is 7.63. The van der Waals surface area contributed by atoms with Crippen molar-refractivity contribution in [2.75, 3.05) is 0 Å². The maximum Gasteiger partial charge on any atom is 0.251 e. The van der Waals surface area contributed by atoms with Gasteiger partial charge in [-0.15, -0.1) is 11.6 Å². The first-order valence-corrected chi connectivity index (χ1v) is 8.16. The zero-order valence-corrected chi connectivity index (χ0v) is 12.7. The summed E-state index contributed by atoms with van der Waals surface area (Å²) in [6.45, 7) is 2.16. The normalized spacial score (nSPS) is 29.4. The summed E-state index contributed by atoms with van der Waals surface area (Å²) in [5.41, 5.74) is 1.78. The Hall–Kier alpha value is -1.02. The minimum Gasteiger partial charge on any atom is -0.349 e. The summed E-state index contributed by atoms with van der Waals surface area (Å²) in [4.78, 5) is 12.3. The van der Waals surface area contributed by atoms with Crippen molar-refractivity contribution in [3.8, 4) is 0 Å². The van der Waals surface area contributed by atoms with E-state index < -0.39 is 0 Å². The van der Waals surface area contributed by atoms with Gasteiger partial charge in [0, 0.05) is 17.5 Å². The van der Waals surface area contributed by atoms with Gasteiger partial charge in [0.1, 0.15) is 0 Å². The zero-order chi connectivity index (χ0) is 14.1. The second-order valence-electron chi connectivity index (χ2n) is 6.43. The summed E-state index contributed by atoms with van der Waals surface area (Å²) in [6, 6.07) is 7.85. The van der Waals surface area contributed by atoms with Crippen LogP contribution in [0.25, 0.3) is 0 Å². The highest BCUT2D eigenvalue weighted by Gasteiger charge is 2.42. The summed E-state index contributed by atoms with van der Waals surface area (Å²) in [6.07, 6.45) is 5.45. The van der Waals surface area contributed by atoms with Crippen molar-refractivity contribution in [3.05, 3.63) is 35.4 Å². The van der Waals surface area contributed by atoms with Gasteiger partial charge in [-0.25, -0.2) is 0 Å². The summed E-state index contributed by atoms with van der Waals surface area (Å²) < 4.78 is 0. The van der Waals surface area contributed by atoms with Crippen LogP contribution < -0.4 is 5.32 Å². The molecule has 1 amide bonds. The Labute approximate surface area is 125 Å². The molecule has 4 unspecified atom stereocenters. The van der Waals surface area contributed by atoms with Crippen molar-refractivity contribution in [1.29, 1.82) is 0 Å². The molecule has 0 heterocycles. The number of hydrogen-bond donors (Lipinski definition) is 1. The molecule has 2 fully saturated rings. The average Bonchev–Trinajstić information content (AvgIpc) is 3.10. The number of nitrogens with one attached hydrogen (secondary N) is 1. The van der Waals surface area contributed by atoms with Crippen molar-refractivity contribution < 1.29 is 4.79 Å². The van der Waals surface area contributed by atoms with Crippen LogP contribution in [0.4, 0.5) is 0 Å². The number of benzene rings is 1. The van der Waals surface area contributed by atoms with Crippen LogP contribution in [0.5, 0.6) is 0 Å². The highest BCUT2D eigenvalue weighted by atomic mass is 35.5. The van der Waals surface area contributed by atoms with E-state index in [-0.39, 0.29) is 11.9 Å². The Bertz CT molecular complexity index is 484.